The number of nitriles is 1. The van der Waals surface area contributed by atoms with Gasteiger partial charge in [-0.1, -0.05) is 18.2 Å². The SMILES string of the molecule is N#Cc1cc(N)cc(Nc2nc(N3CCC(NC(=O)Cc4cccs4)C3)c3ccccc3n2)c1. The maximum atomic E-state index is 12.5. The molecule has 0 aliphatic carbocycles. The number of nitrogens with two attached hydrogens (primary N) is 1. The molecule has 3 heterocycles. The number of benzene rings is 2. The Morgan fingerprint density at radius 3 is 2.91 bits per heavy atom. The van der Waals surface area contributed by atoms with Gasteiger partial charge in [0.15, 0.2) is 0 Å². The third kappa shape index (κ3) is 4.77. The number of fused-ring (bicyclic) bond motifs is 1. The van der Waals surface area contributed by atoms with Crippen LogP contribution in [-0.4, -0.2) is 35.0 Å². The average Bonchev–Trinajstić information content (AvgIpc) is 3.50. The predicted molar refractivity (Wildman–Crippen MR) is 135 cm³/mol. The van der Waals surface area contributed by atoms with Crippen molar-refractivity contribution in [1.29, 1.82) is 5.26 Å². The van der Waals surface area contributed by atoms with Crippen LogP contribution in [0.2, 0.25) is 0 Å². The molecule has 4 aromatic rings. The van der Waals surface area contributed by atoms with E-state index in [1.165, 1.54) is 0 Å². The highest BCUT2D eigenvalue weighted by molar-refractivity contribution is 7.10. The minimum atomic E-state index is 0.0409. The van der Waals surface area contributed by atoms with Gasteiger partial charge in [-0.25, -0.2) is 4.98 Å². The summed E-state index contributed by atoms with van der Waals surface area (Å²) in [6.45, 7) is 1.45. The standard InChI is InChI=1S/C25H23N7OS/c26-14-16-10-17(27)12-19(11-16)29-25-30-22-6-2-1-5-21(22)24(31-25)32-8-7-18(15-32)28-23(33)13-20-4-3-9-34-20/h1-6,9-12,18H,7-8,13,15,27H2,(H,28,33)(H,29,30,31). The third-order valence-electron chi connectivity index (χ3n) is 5.69. The summed E-state index contributed by atoms with van der Waals surface area (Å²) in [5, 5.41) is 18.5. The monoisotopic (exact) mass is 469 g/mol. The van der Waals surface area contributed by atoms with Crippen molar-refractivity contribution in [3.63, 3.8) is 0 Å². The molecule has 2 aromatic heterocycles. The topological polar surface area (TPSA) is 120 Å². The number of hydrogen-bond acceptors (Lipinski definition) is 8. The minimum Gasteiger partial charge on any atom is -0.399 e. The number of nitrogens with one attached hydrogen (secondary N) is 2. The van der Waals surface area contributed by atoms with Crippen LogP contribution in [-0.2, 0) is 11.2 Å². The maximum Gasteiger partial charge on any atom is 0.229 e. The highest BCUT2D eigenvalue weighted by Gasteiger charge is 2.26. The second-order valence-corrected chi connectivity index (χ2v) is 9.26. The molecule has 1 aliphatic rings. The van der Waals surface area contributed by atoms with Crippen molar-refractivity contribution in [2.24, 2.45) is 0 Å². The summed E-state index contributed by atoms with van der Waals surface area (Å²) >= 11 is 1.59. The smallest absolute Gasteiger partial charge is 0.229 e. The van der Waals surface area contributed by atoms with Crippen LogP contribution >= 0.6 is 11.3 Å². The van der Waals surface area contributed by atoms with Gasteiger partial charge in [0.05, 0.1) is 23.6 Å². The number of hydrogen-bond donors (Lipinski definition) is 3. The summed E-state index contributed by atoms with van der Waals surface area (Å²) < 4.78 is 0. The van der Waals surface area contributed by atoms with E-state index in [1.54, 1.807) is 29.5 Å². The van der Waals surface area contributed by atoms with Crippen molar-refractivity contribution in [3.8, 4) is 6.07 Å². The number of nitrogens with zero attached hydrogens (tertiary/aromatic N) is 4. The van der Waals surface area contributed by atoms with E-state index in [1.807, 2.05) is 41.8 Å². The van der Waals surface area contributed by atoms with Gasteiger partial charge in [-0.2, -0.15) is 10.2 Å². The van der Waals surface area contributed by atoms with E-state index in [2.05, 4.69) is 26.6 Å². The number of anilines is 4. The van der Waals surface area contributed by atoms with Crippen molar-refractivity contribution in [2.75, 3.05) is 29.0 Å². The lowest BCUT2D eigenvalue weighted by Gasteiger charge is -2.21. The molecule has 5 rings (SSSR count). The second kappa shape index (κ2) is 9.37. The van der Waals surface area contributed by atoms with Gasteiger partial charge in [-0.05, 0) is 48.2 Å². The quantitative estimate of drug-likeness (QED) is 0.367. The lowest BCUT2D eigenvalue weighted by atomic mass is 10.2. The van der Waals surface area contributed by atoms with E-state index in [9.17, 15) is 10.1 Å². The first-order chi connectivity index (χ1) is 16.6. The molecule has 1 aliphatic heterocycles. The van der Waals surface area contributed by atoms with Gasteiger partial charge in [0.1, 0.15) is 5.82 Å². The van der Waals surface area contributed by atoms with Crippen molar-refractivity contribution in [2.45, 2.75) is 18.9 Å². The fourth-order valence-electron chi connectivity index (χ4n) is 4.19. The van der Waals surface area contributed by atoms with Gasteiger partial charge in [0.25, 0.3) is 0 Å². The molecule has 1 atom stereocenters. The molecule has 0 bridgehead atoms. The van der Waals surface area contributed by atoms with E-state index in [0.717, 1.165) is 34.6 Å². The Labute approximate surface area is 201 Å². The van der Waals surface area contributed by atoms with Crippen molar-refractivity contribution in [1.82, 2.24) is 15.3 Å². The lowest BCUT2D eigenvalue weighted by molar-refractivity contribution is -0.120. The molecule has 0 saturated carbocycles. The number of carbonyl (C=O) groups excluding carboxylic acids is 1. The molecule has 8 nitrogen and oxygen atoms in total. The summed E-state index contributed by atoms with van der Waals surface area (Å²) in [5.41, 5.74) is 8.34. The summed E-state index contributed by atoms with van der Waals surface area (Å²) in [6, 6.07) is 19.0. The van der Waals surface area contributed by atoms with Crippen LogP contribution in [0.1, 0.15) is 16.9 Å². The minimum absolute atomic E-state index is 0.0409. The Morgan fingerprint density at radius 1 is 1.21 bits per heavy atom. The van der Waals surface area contributed by atoms with Crippen LogP contribution in [0, 0.1) is 11.3 Å². The fraction of sp³-hybridized carbons (Fsp3) is 0.200. The molecule has 0 spiro atoms. The normalized spacial score (nSPS) is 15.3. The molecule has 2 aromatic carbocycles. The molecular formula is C25H23N7OS. The Bertz CT molecular complexity index is 1380. The molecule has 1 unspecified atom stereocenters. The first kappa shape index (κ1) is 21.7. The first-order valence-electron chi connectivity index (χ1n) is 11.0. The van der Waals surface area contributed by atoms with E-state index >= 15 is 0 Å². The molecule has 34 heavy (non-hydrogen) atoms. The number of aromatic nitrogens is 2. The van der Waals surface area contributed by atoms with E-state index in [4.69, 9.17) is 10.7 Å². The van der Waals surface area contributed by atoms with Gasteiger partial charge in [0, 0.05) is 40.8 Å². The molecular weight excluding hydrogens is 446 g/mol. The van der Waals surface area contributed by atoms with Crippen LogP contribution in [0.15, 0.2) is 60.0 Å². The van der Waals surface area contributed by atoms with Crippen LogP contribution in [0.25, 0.3) is 10.9 Å². The molecule has 1 fully saturated rings. The molecule has 9 heteroatoms. The molecule has 1 amide bonds. The predicted octanol–water partition coefficient (Wildman–Crippen LogP) is 3.83. The number of thiophene rings is 1. The number of para-hydroxylation sites is 1. The van der Waals surface area contributed by atoms with E-state index in [0.29, 0.717) is 35.9 Å². The molecule has 1 saturated heterocycles. The zero-order valence-corrected chi connectivity index (χ0v) is 19.2. The Kier molecular flexibility index (Phi) is 5.97. The number of carbonyl (C=O) groups is 1. The molecule has 4 N–H and O–H groups in total. The van der Waals surface area contributed by atoms with Crippen LogP contribution in [0.5, 0.6) is 0 Å². The highest BCUT2D eigenvalue weighted by atomic mass is 32.1. The van der Waals surface area contributed by atoms with Crippen molar-refractivity contribution < 1.29 is 4.79 Å². The Balaban J connectivity index is 1.37. The summed E-state index contributed by atoms with van der Waals surface area (Å²) in [4.78, 5) is 25.2. The number of nitrogen functional groups attached to an aromatic ring is 1. The Morgan fingerprint density at radius 2 is 2.09 bits per heavy atom. The van der Waals surface area contributed by atoms with E-state index < -0.39 is 0 Å². The molecule has 0 radical (unpaired) electrons. The summed E-state index contributed by atoms with van der Waals surface area (Å²) in [5.74, 6) is 1.28. The van der Waals surface area contributed by atoms with E-state index in [-0.39, 0.29) is 11.9 Å². The highest BCUT2D eigenvalue weighted by Crippen LogP contribution is 2.29. The largest absolute Gasteiger partial charge is 0.399 e. The fourth-order valence-corrected chi connectivity index (χ4v) is 4.90. The molecule has 170 valence electrons. The third-order valence-corrected chi connectivity index (χ3v) is 6.57. The van der Waals surface area contributed by atoms with Crippen molar-refractivity contribution >= 4 is 51.3 Å². The zero-order valence-electron chi connectivity index (χ0n) is 18.4. The number of rotatable bonds is 6. The first-order valence-corrected chi connectivity index (χ1v) is 11.9. The van der Waals surface area contributed by atoms with Gasteiger partial charge >= 0.3 is 0 Å². The van der Waals surface area contributed by atoms with Crippen LogP contribution < -0.4 is 21.3 Å². The van der Waals surface area contributed by atoms with Crippen LogP contribution in [0.3, 0.4) is 0 Å². The van der Waals surface area contributed by atoms with Gasteiger partial charge in [-0.15, -0.1) is 11.3 Å². The van der Waals surface area contributed by atoms with Gasteiger partial charge in [-0.3, -0.25) is 4.79 Å². The van der Waals surface area contributed by atoms with Crippen LogP contribution in [0.4, 0.5) is 23.1 Å². The maximum absolute atomic E-state index is 12.5. The average molecular weight is 470 g/mol. The summed E-state index contributed by atoms with van der Waals surface area (Å²) in [7, 11) is 0. The Hall–Kier alpha value is -4.16. The van der Waals surface area contributed by atoms with Gasteiger partial charge in [0.2, 0.25) is 11.9 Å². The lowest BCUT2D eigenvalue weighted by Crippen LogP contribution is -2.38. The van der Waals surface area contributed by atoms with Crippen molar-refractivity contribution in [3.05, 3.63) is 70.4 Å². The van der Waals surface area contributed by atoms with Gasteiger partial charge < -0.3 is 21.3 Å². The second-order valence-electron chi connectivity index (χ2n) is 8.22. The summed E-state index contributed by atoms with van der Waals surface area (Å²) in [6.07, 6.45) is 1.25. The number of amides is 1. The zero-order chi connectivity index (χ0) is 23.5.